The van der Waals surface area contributed by atoms with Crippen LogP contribution in [-0.2, 0) is 0 Å². The number of benzene rings is 1. The predicted octanol–water partition coefficient (Wildman–Crippen LogP) is 1.79. The Balaban J connectivity index is 0.00000112. The first-order valence-electron chi connectivity index (χ1n) is 4.97. The number of aryl methyl sites for hydroxylation is 1. The molecule has 1 aliphatic heterocycles. The van der Waals surface area contributed by atoms with Gasteiger partial charge in [-0.1, -0.05) is 12.1 Å². The van der Waals surface area contributed by atoms with Gasteiger partial charge in [0.05, 0.1) is 0 Å². The normalized spacial score (nSPS) is 20.8. The zero-order valence-electron chi connectivity index (χ0n) is 8.72. The van der Waals surface area contributed by atoms with Crippen LogP contribution in [0.15, 0.2) is 18.2 Å². The molecule has 1 aromatic rings. The number of hydrogen-bond acceptors (Lipinski definition) is 2. The number of rotatable bonds is 1. The molecule has 0 radical (unpaired) electrons. The molecule has 84 valence electrons. The molecule has 1 atom stereocenters. The van der Waals surface area contributed by atoms with Gasteiger partial charge in [0, 0.05) is 25.7 Å². The summed E-state index contributed by atoms with van der Waals surface area (Å²) < 4.78 is 13.0. The molecule has 0 aromatic heterocycles. The fourth-order valence-corrected chi connectivity index (χ4v) is 1.77. The van der Waals surface area contributed by atoms with Crippen molar-refractivity contribution >= 4 is 12.4 Å². The highest BCUT2D eigenvalue weighted by Crippen LogP contribution is 2.17. The Morgan fingerprint density at radius 2 is 2.13 bits per heavy atom. The Morgan fingerprint density at radius 1 is 1.33 bits per heavy atom. The zero-order chi connectivity index (χ0) is 9.97. The van der Waals surface area contributed by atoms with Crippen molar-refractivity contribution in [2.75, 3.05) is 19.6 Å². The molecule has 0 aliphatic carbocycles. The molecule has 0 saturated carbocycles. The van der Waals surface area contributed by atoms with Crippen LogP contribution in [0, 0.1) is 12.7 Å². The van der Waals surface area contributed by atoms with Crippen LogP contribution in [0.1, 0.15) is 17.2 Å². The SMILES string of the molecule is Cc1cc([C@@H]2CNCCN2)ccc1F.Cl. The fourth-order valence-electron chi connectivity index (χ4n) is 1.77. The topological polar surface area (TPSA) is 24.1 Å². The van der Waals surface area contributed by atoms with E-state index in [1.165, 1.54) is 0 Å². The molecule has 2 nitrogen and oxygen atoms in total. The van der Waals surface area contributed by atoms with Gasteiger partial charge >= 0.3 is 0 Å². The van der Waals surface area contributed by atoms with Gasteiger partial charge in [-0.25, -0.2) is 4.39 Å². The van der Waals surface area contributed by atoms with E-state index in [4.69, 9.17) is 0 Å². The third kappa shape index (κ3) is 2.91. The van der Waals surface area contributed by atoms with E-state index in [0.717, 1.165) is 30.8 Å². The Morgan fingerprint density at radius 3 is 2.73 bits per heavy atom. The van der Waals surface area contributed by atoms with E-state index in [9.17, 15) is 4.39 Å². The van der Waals surface area contributed by atoms with E-state index in [1.54, 1.807) is 13.0 Å². The minimum atomic E-state index is -0.127. The van der Waals surface area contributed by atoms with Crippen molar-refractivity contribution in [2.45, 2.75) is 13.0 Å². The zero-order valence-corrected chi connectivity index (χ0v) is 9.53. The van der Waals surface area contributed by atoms with E-state index in [1.807, 2.05) is 12.1 Å². The van der Waals surface area contributed by atoms with Crippen molar-refractivity contribution in [3.8, 4) is 0 Å². The fraction of sp³-hybridized carbons (Fsp3) is 0.455. The average molecular weight is 231 g/mol. The highest BCUT2D eigenvalue weighted by molar-refractivity contribution is 5.85. The first-order valence-corrected chi connectivity index (χ1v) is 4.97. The molecule has 0 spiro atoms. The lowest BCUT2D eigenvalue weighted by atomic mass is 10.0. The van der Waals surface area contributed by atoms with Crippen molar-refractivity contribution in [3.63, 3.8) is 0 Å². The molecule has 0 amide bonds. The summed E-state index contributed by atoms with van der Waals surface area (Å²) in [6.07, 6.45) is 0. The second kappa shape index (κ2) is 5.45. The van der Waals surface area contributed by atoms with E-state index in [-0.39, 0.29) is 18.2 Å². The average Bonchev–Trinajstić information content (AvgIpc) is 2.23. The van der Waals surface area contributed by atoms with Crippen LogP contribution in [0.3, 0.4) is 0 Å². The van der Waals surface area contributed by atoms with Crippen LogP contribution in [-0.4, -0.2) is 19.6 Å². The highest BCUT2D eigenvalue weighted by atomic mass is 35.5. The van der Waals surface area contributed by atoms with Gasteiger partial charge in [0.25, 0.3) is 0 Å². The summed E-state index contributed by atoms with van der Waals surface area (Å²) in [6, 6.07) is 5.64. The Hall–Kier alpha value is -0.640. The summed E-state index contributed by atoms with van der Waals surface area (Å²) in [7, 11) is 0. The van der Waals surface area contributed by atoms with Crippen molar-refractivity contribution in [1.82, 2.24) is 10.6 Å². The van der Waals surface area contributed by atoms with Crippen LogP contribution in [0.5, 0.6) is 0 Å². The maximum Gasteiger partial charge on any atom is 0.126 e. The standard InChI is InChI=1S/C11H15FN2.ClH/c1-8-6-9(2-3-10(8)12)11-7-13-4-5-14-11;/h2-3,6,11,13-14H,4-5,7H2,1H3;1H/t11-;/m0./s1. The van der Waals surface area contributed by atoms with Gasteiger partial charge in [-0.15, -0.1) is 12.4 Å². The highest BCUT2D eigenvalue weighted by Gasteiger charge is 2.14. The van der Waals surface area contributed by atoms with E-state index in [2.05, 4.69) is 10.6 Å². The maximum atomic E-state index is 13.0. The molecular weight excluding hydrogens is 215 g/mol. The minimum absolute atomic E-state index is 0. The molecule has 1 aromatic carbocycles. The summed E-state index contributed by atoms with van der Waals surface area (Å²) in [5.41, 5.74) is 1.88. The molecule has 1 saturated heterocycles. The number of nitrogens with one attached hydrogen (secondary N) is 2. The molecule has 1 heterocycles. The molecule has 1 fully saturated rings. The second-order valence-corrected chi connectivity index (χ2v) is 3.72. The van der Waals surface area contributed by atoms with Crippen molar-refractivity contribution < 1.29 is 4.39 Å². The van der Waals surface area contributed by atoms with Gasteiger partial charge in [0.15, 0.2) is 0 Å². The van der Waals surface area contributed by atoms with Crippen LogP contribution in [0.25, 0.3) is 0 Å². The van der Waals surface area contributed by atoms with Gasteiger partial charge < -0.3 is 10.6 Å². The summed E-state index contributed by atoms with van der Waals surface area (Å²) in [6.45, 7) is 4.71. The number of hydrogen-bond donors (Lipinski definition) is 2. The summed E-state index contributed by atoms with van der Waals surface area (Å²) >= 11 is 0. The number of halogens is 2. The number of piperazine rings is 1. The van der Waals surface area contributed by atoms with E-state index < -0.39 is 0 Å². The van der Waals surface area contributed by atoms with Crippen LogP contribution < -0.4 is 10.6 Å². The summed E-state index contributed by atoms with van der Waals surface area (Å²) in [5, 5.41) is 6.71. The van der Waals surface area contributed by atoms with Gasteiger partial charge in [-0.3, -0.25) is 0 Å². The van der Waals surface area contributed by atoms with Crippen molar-refractivity contribution in [1.29, 1.82) is 0 Å². The molecule has 2 rings (SSSR count). The third-order valence-corrected chi connectivity index (χ3v) is 2.63. The molecule has 0 bridgehead atoms. The maximum absolute atomic E-state index is 13.0. The molecule has 1 aliphatic rings. The van der Waals surface area contributed by atoms with Gasteiger partial charge in [0.2, 0.25) is 0 Å². The van der Waals surface area contributed by atoms with Crippen LogP contribution >= 0.6 is 12.4 Å². The first kappa shape index (κ1) is 12.4. The van der Waals surface area contributed by atoms with Crippen LogP contribution in [0.2, 0.25) is 0 Å². The second-order valence-electron chi connectivity index (χ2n) is 3.72. The summed E-state index contributed by atoms with van der Waals surface area (Å²) in [5.74, 6) is -0.127. The van der Waals surface area contributed by atoms with Gasteiger partial charge in [-0.2, -0.15) is 0 Å². The molecule has 0 unspecified atom stereocenters. The van der Waals surface area contributed by atoms with Crippen molar-refractivity contribution in [3.05, 3.63) is 35.1 Å². The van der Waals surface area contributed by atoms with E-state index in [0.29, 0.717) is 6.04 Å². The molecule has 2 N–H and O–H groups in total. The Bertz CT molecular complexity index is 324. The smallest absolute Gasteiger partial charge is 0.126 e. The Kier molecular flexibility index (Phi) is 4.51. The minimum Gasteiger partial charge on any atom is -0.314 e. The summed E-state index contributed by atoms with van der Waals surface area (Å²) in [4.78, 5) is 0. The lowest BCUT2D eigenvalue weighted by molar-refractivity contribution is 0.429. The predicted molar refractivity (Wildman–Crippen MR) is 62.0 cm³/mol. The third-order valence-electron chi connectivity index (χ3n) is 2.63. The monoisotopic (exact) mass is 230 g/mol. The lowest BCUT2D eigenvalue weighted by Gasteiger charge is -2.25. The molecular formula is C11H16ClFN2. The largest absolute Gasteiger partial charge is 0.314 e. The van der Waals surface area contributed by atoms with Gasteiger partial charge in [-0.05, 0) is 24.1 Å². The van der Waals surface area contributed by atoms with E-state index >= 15 is 0 Å². The Labute approximate surface area is 95.7 Å². The first-order chi connectivity index (χ1) is 6.77. The quantitative estimate of drug-likeness (QED) is 0.769. The van der Waals surface area contributed by atoms with Crippen LogP contribution in [0.4, 0.5) is 4.39 Å². The molecule has 4 heteroatoms. The van der Waals surface area contributed by atoms with Crippen molar-refractivity contribution in [2.24, 2.45) is 0 Å². The lowest BCUT2D eigenvalue weighted by Crippen LogP contribution is -2.42. The molecule has 15 heavy (non-hydrogen) atoms. The van der Waals surface area contributed by atoms with Gasteiger partial charge in [0.1, 0.15) is 5.82 Å².